The molecule has 0 saturated heterocycles. The lowest BCUT2D eigenvalue weighted by atomic mass is 10.00. The fourth-order valence-corrected chi connectivity index (χ4v) is 2.92. The van der Waals surface area contributed by atoms with Gasteiger partial charge in [0.05, 0.1) is 12.2 Å². The van der Waals surface area contributed by atoms with Crippen molar-refractivity contribution < 1.29 is 23.1 Å². The van der Waals surface area contributed by atoms with E-state index in [0.717, 1.165) is 0 Å². The SMILES string of the molecule is CCS(=O)(=O)NC(CCSC)C(=O)NC(C)(C)CC(=O)O. The van der Waals surface area contributed by atoms with Gasteiger partial charge in [-0.25, -0.2) is 13.1 Å². The summed E-state index contributed by atoms with van der Waals surface area (Å²) in [5.41, 5.74) is -0.946. The number of amides is 1. The third-order valence-electron chi connectivity index (χ3n) is 2.68. The van der Waals surface area contributed by atoms with Gasteiger partial charge in [0.25, 0.3) is 0 Å². The Balaban J connectivity index is 4.91. The first-order valence-corrected chi connectivity index (χ1v) is 9.60. The average molecular weight is 340 g/mol. The standard InChI is InChI=1S/C12H24N2O5S2/c1-5-21(18,19)14-9(6-7-20-4)11(17)13-12(2,3)8-10(15)16/h9,14H,5-8H2,1-4H3,(H,13,17)(H,15,16). The Labute approximate surface area is 130 Å². The zero-order valence-corrected chi connectivity index (χ0v) is 14.4. The number of hydrogen-bond donors (Lipinski definition) is 3. The maximum Gasteiger partial charge on any atom is 0.305 e. The second-order valence-corrected chi connectivity index (χ2v) is 8.33. The molecule has 0 radical (unpaired) electrons. The van der Waals surface area contributed by atoms with E-state index in [1.54, 1.807) is 13.8 Å². The molecule has 0 aromatic rings. The molecular formula is C12H24N2O5S2. The highest BCUT2D eigenvalue weighted by molar-refractivity contribution is 7.98. The largest absolute Gasteiger partial charge is 0.481 e. The lowest BCUT2D eigenvalue weighted by Crippen LogP contribution is -2.54. The molecule has 0 spiro atoms. The fraction of sp³-hybridized carbons (Fsp3) is 0.833. The highest BCUT2D eigenvalue weighted by Crippen LogP contribution is 2.10. The molecule has 0 aliphatic carbocycles. The molecule has 0 bridgehead atoms. The van der Waals surface area contributed by atoms with Crippen LogP contribution in [0.3, 0.4) is 0 Å². The summed E-state index contributed by atoms with van der Waals surface area (Å²) in [6, 6.07) is -0.893. The van der Waals surface area contributed by atoms with Crippen molar-refractivity contribution in [2.24, 2.45) is 0 Å². The van der Waals surface area contributed by atoms with Crippen LogP contribution >= 0.6 is 11.8 Å². The number of carboxylic acid groups (broad SMARTS) is 1. The van der Waals surface area contributed by atoms with E-state index in [2.05, 4.69) is 10.0 Å². The first kappa shape index (κ1) is 20.2. The average Bonchev–Trinajstić information content (AvgIpc) is 2.31. The molecule has 0 aliphatic heterocycles. The number of aliphatic carboxylic acids is 1. The topological polar surface area (TPSA) is 113 Å². The van der Waals surface area contributed by atoms with Crippen molar-refractivity contribution in [2.45, 2.75) is 45.2 Å². The number of carbonyl (C=O) groups excluding carboxylic acids is 1. The number of sulfonamides is 1. The lowest BCUT2D eigenvalue weighted by molar-refractivity contribution is -0.138. The maximum atomic E-state index is 12.2. The number of thioether (sulfide) groups is 1. The molecule has 0 rings (SSSR count). The van der Waals surface area contributed by atoms with Gasteiger partial charge in [0.2, 0.25) is 15.9 Å². The predicted molar refractivity (Wildman–Crippen MR) is 83.9 cm³/mol. The van der Waals surface area contributed by atoms with Gasteiger partial charge < -0.3 is 10.4 Å². The predicted octanol–water partition coefficient (Wildman–Crippen LogP) is 0.417. The van der Waals surface area contributed by atoms with E-state index >= 15 is 0 Å². The van der Waals surface area contributed by atoms with Crippen LogP contribution in [0.5, 0.6) is 0 Å². The summed E-state index contributed by atoms with van der Waals surface area (Å²) in [7, 11) is -3.51. The minimum atomic E-state index is -3.51. The van der Waals surface area contributed by atoms with Crippen LogP contribution in [0.1, 0.15) is 33.6 Å². The van der Waals surface area contributed by atoms with Crippen molar-refractivity contribution in [3.63, 3.8) is 0 Å². The van der Waals surface area contributed by atoms with Crippen LogP contribution in [0, 0.1) is 0 Å². The normalized spacial score (nSPS) is 13.7. The summed E-state index contributed by atoms with van der Waals surface area (Å²) < 4.78 is 25.6. The van der Waals surface area contributed by atoms with Gasteiger partial charge in [-0.1, -0.05) is 0 Å². The van der Waals surface area contributed by atoms with Crippen molar-refractivity contribution >= 4 is 33.7 Å². The number of carbonyl (C=O) groups is 2. The molecule has 3 N–H and O–H groups in total. The van der Waals surface area contributed by atoms with Crippen molar-refractivity contribution in [2.75, 3.05) is 17.8 Å². The number of hydrogen-bond acceptors (Lipinski definition) is 5. The number of carboxylic acids is 1. The van der Waals surface area contributed by atoms with Crippen molar-refractivity contribution in [3.05, 3.63) is 0 Å². The van der Waals surface area contributed by atoms with Gasteiger partial charge in [0.15, 0.2) is 0 Å². The molecule has 0 fully saturated rings. The van der Waals surface area contributed by atoms with Crippen molar-refractivity contribution in [3.8, 4) is 0 Å². The fourth-order valence-electron chi connectivity index (χ4n) is 1.62. The van der Waals surface area contributed by atoms with Crippen molar-refractivity contribution in [1.29, 1.82) is 0 Å². The van der Waals surface area contributed by atoms with E-state index < -0.39 is 33.5 Å². The molecule has 21 heavy (non-hydrogen) atoms. The van der Waals surface area contributed by atoms with Crippen LogP contribution in [0.4, 0.5) is 0 Å². The first-order valence-electron chi connectivity index (χ1n) is 6.55. The van der Waals surface area contributed by atoms with E-state index in [1.807, 2.05) is 6.26 Å². The third-order valence-corrected chi connectivity index (χ3v) is 4.73. The van der Waals surface area contributed by atoms with Gasteiger partial charge in [-0.2, -0.15) is 11.8 Å². The van der Waals surface area contributed by atoms with Crippen LogP contribution in [0.2, 0.25) is 0 Å². The lowest BCUT2D eigenvalue weighted by Gasteiger charge is -2.27. The summed E-state index contributed by atoms with van der Waals surface area (Å²) in [4.78, 5) is 22.9. The van der Waals surface area contributed by atoms with Gasteiger partial charge in [-0.15, -0.1) is 0 Å². The van der Waals surface area contributed by atoms with Crippen LogP contribution in [0.15, 0.2) is 0 Å². The highest BCUT2D eigenvalue weighted by Gasteiger charge is 2.29. The van der Waals surface area contributed by atoms with E-state index in [9.17, 15) is 18.0 Å². The summed E-state index contributed by atoms with van der Waals surface area (Å²) in [6.07, 6.45) is 1.96. The Kier molecular flexibility index (Phi) is 8.27. The Morgan fingerprint density at radius 2 is 1.90 bits per heavy atom. The molecule has 0 aromatic carbocycles. The molecule has 0 aliphatic rings. The minimum Gasteiger partial charge on any atom is -0.481 e. The minimum absolute atomic E-state index is 0.117. The molecular weight excluding hydrogens is 316 g/mol. The van der Waals surface area contributed by atoms with Crippen LogP contribution < -0.4 is 10.0 Å². The zero-order valence-electron chi connectivity index (χ0n) is 12.8. The van der Waals surface area contributed by atoms with Crippen LogP contribution in [-0.4, -0.2) is 54.7 Å². The Hall–Kier alpha value is -0.800. The van der Waals surface area contributed by atoms with Gasteiger partial charge in [-0.05, 0) is 39.2 Å². The molecule has 0 saturated carbocycles. The summed E-state index contributed by atoms with van der Waals surface area (Å²) in [5.74, 6) is -1.04. The molecule has 7 nitrogen and oxygen atoms in total. The van der Waals surface area contributed by atoms with Gasteiger partial charge in [0, 0.05) is 5.54 Å². The quantitative estimate of drug-likeness (QED) is 0.531. The smallest absolute Gasteiger partial charge is 0.305 e. The van der Waals surface area contributed by atoms with Gasteiger partial charge in [0.1, 0.15) is 6.04 Å². The first-order chi connectivity index (χ1) is 9.53. The third kappa shape index (κ3) is 8.94. The molecule has 1 atom stereocenters. The van der Waals surface area contributed by atoms with Gasteiger partial charge in [-0.3, -0.25) is 9.59 Å². The second-order valence-electron chi connectivity index (χ2n) is 5.30. The van der Waals surface area contributed by atoms with Crippen LogP contribution in [0.25, 0.3) is 0 Å². The summed E-state index contributed by atoms with van der Waals surface area (Å²) in [6.45, 7) is 4.65. The van der Waals surface area contributed by atoms with Crippen LogP contribution in [-0.2, 0) is 19.6 Å². The van der Waals surface area contributed by atoms with E-state index in [4.69, 9.17) is 5.11 Å². The molecule has 0 aromatic heterocycles. The molecule has 124 valence electrons. The Bertz CT molecular complexity index is 462. The summed E-state index contributed by atoms with van der Waals surface area (Å²) in [5, 5.41) is 11.4. The van der Waals surface area contributed by atoms with E-state index in [0.29, 0.717) is 12.2 Å². The number of nitrogens with one attached hydrogen (secondary N) is 2. The molecule has 0 heterocycles. The van der Waals surface area contributed by atoms with Gasteiger partial charge >= 0.3 is 5.97 Å². The maximum absolute atomic E-state index is 12.2. The molecule has 1 unspecified atom stereocenters. The zero-order chi connectivity index (χ0) is 16.7. The van der Waals surface area contributed by atoms with E-state index in [-0.39, 0.29) is 12.2 Å². The number of rotatable bonds is 10. The molecule has 9 heteroatoms. The Morgan fingerprint density at radius 1 is 1.33 bits per heavy atom. The van der Waals surface area contributed by atoms with E-state index in [1.165, 1.54) is 18.7 Å². The Morgan fingerprint density at radius 3 is 2.33 bits per heavy atom. The monoisotopic (exact) mass is 340 g/mol. The van der Waals surface area contributed by atoms with Crippen molar-refractivity contribution in [1.82, 2.24) is 10.0 Å². The second kappa shape index (κ2) is 8.60. The molecule has 1 amide bonds. The highest BCUT2D eigenvalue weighted by atomic mass is 32.2. The summed E-state index contributed by atoms with van der Waals surface area (Å²) >= 11 is 1.50.